The molecule has 2 heterocycles. The molecule has 1 aliphatic rings. The molecule has 5 heteroatoms. The Kier molecular flexibility index (Phi) is 4.71. The third-order valence-electron chi connectivity index (χ3n) is 3.85. The van der Waals surface area contributed by atoms with Crippen LogP contribution in [0.25, 0.3) is 0 Å². The molecule has 1 aromatic heterocycles. The van der Waals surface area contributed by atoms with Gasteiger partial charge in [-0.05, 0) is 31.6 Å². The highest BCUT2D eigenvalue weighted by molar-refractivity contribution is 7.80. The van der Waals surface area contributed by atoms with Crippen LogP contribution in [0.3, 0.4) is 0 Å². The van der Waals surface area contributed by atoms with E-state index in [2.05, 4.69) is 28.6 Å². The summed E-state index contributed by atoms with van der Waals surface area (Å²) in [7, 11) is 0. The summed E-state index contributed by atoms with van der Waals surface area (Å²) in [5, 5.41) is 0. The number of pyridine rings is 1. The fourth-order valence-electron chi connectivity index (χ4n) is 2.77. The van der Waals surface area contributed by atoms with Crippen molar-refractivity contribution in [3.63, 3.8) is 0 Å². The van der Waals surface area contributed by atoms with Gasteiger partial charge in [0.1, 0.15) is 4.99 Å². The van der Waals surface area contributed by atoms with E-state index in [0.717, 1.165) is 26.2 Å². The lowest BCUT2D eigenvalue weighted by atomic mass is 10.2. The number of nitrogens with two attached hydrogens (primary N) is 1. The van der Waals surface area contributed by atoms with Gasteiger partial charge in [0.05, 0.1) is 5.69 Å². The van der Waals surface area contributed by atoms with Crippen LogP contribution >= 0.6 is 12.2 Å². The van der Waals surface area contributed by atoms with Gasteiger partial charge in [0.25, 0.3) is 0 Å². The zero-order valence-corrected chi connectivity index (χ0v) is 12.5. The zero-order valence-electron chi connectivity index (χ0n) is 11.7. The molecule has 1 fully saturated rings. The van der Waals surface area contributed by atoms with Gasteiger partial charge in [0.2, 0.25) is 0 Å². The van der Waals surface area contributed by atoms with Gasteiger partial charge < -0.3 is 10.6 Å². The van der Waals surface area contributed by atoms with Crippen molar-refractivity contribution in [3.05, 3.63) is 24.0 Å². The molecule has 19 heavy (non-hydrogen) atoms. The van der Waals surface area contributed by atoms with E-state index in [1.807, 2.05) is 12.1 Å². The minimum absolute atomic E-state index is 0.362. The van der Waals surface area contributed by atoms with Crippen LogP contribution in [0.4, 0.5) is 5.69 Å². The van der Waals surface area contributed by atoms with Gasteiger partial charge in [-0.3, -0.25) is 9.88 Å². The Bertz CT molecular complexity index is 445. The Morgan fingerprint density at radius 3 is 2.89 bits per heavy atom. The molecule has 0 aliphatic carbocycles. The summed E-state index contributed by atoms with van der Waals surface area (Å²) in [6, 6.07) is 4.68. The van der Waals surface area contributed by atoms with E-state index in [4.69, 9.17) is 18.0 Å². The van der Waals surface area contributed by atoms with Crippen molar-refractivity contribution in [2.24, 2.45) is 5.73 Å². The third-order valence-corrected chi connectivity index (χ3v) is 4.06. The maximum absolute atomic E-state index is 5.64. The molecule has 2 rings (SSSR count). The van der Waals surface area contributed by atoms with E-state index >= 15 is 0 Å². The molecule has 1 unspecified atom stereocenters. The van der Waals surface area contributed by atoms with Gasteiger partial charge in [-0.2, -0.15) is 0 Å². The summed E-state index contributed by atoms with van der Waals surface area (Å²) in [4.78, 5) is 9.47. The van der Waals surface area contributed by atoms with Crippen LogP contribution in [-0.2, 0) is 0 Å². The fraction of sp³-hybridized carbons (Fsp3) is 0.571. The number of hydrogen-bond acceptors (Lipinski definition) is 4. The molecular formula is C14H22N4S. The average Bonchev–Trinajstić information content (AvgIpc) is 2.90. The molecule has 0 bridgehead atoms. The Hall–Kier alpha value is -1.20. The molecule has 0 spiro atoms. The van der Waals surface area contributed by atoms with Gasteiger partial charge in [-0.25, -0.2) is 0 Å². The molecule has 1 atom stereocenters. The third kappa shape index (κ3) is 3.22. The first kappa shape index (κ1) is 14.2. The average molecular weight is 278 g/mol. The van der Waals surface area contributed by atoms with Crippen LogP contribution in [0, 0.1) is 0 Å². The first-order valence-corrected chi connectivity index (χ1v) is 7.31. The molecule has 1 saturated heterocycles. The first-order chi connectivity index (χ1) is 9.15. The first-order valence-electron chi connectivity index (χ1n) is 6.90. The van der Waals surface area contributed by atoms with Crippen molar-refractivity contribution < 1.29 is 0 Å². The molecule has 0 saturated carbocycles. The summed E-state index contributed by atoms with van der Waals surface area (Å²) in [5.41, 5.74) is 7.52. The predicted octanol–water partition coefficient (Wildman–Crippen LogP) is 1.64. The normalized spacial score (nSPS) is 19.1. The Morgan fingerprint density at radius 1 is 1.53 bits per heavy atom. The lowest BCUT2D eigenvalue weighted by Gasteiger charge is -2.26. The molecule has 1 aromatic rings. The molecule has 0 radical (unpaired) electrons. The predicted molar refractivity (Wildman–Crippen MR) is 83.7 cm³/mol. The molecule has 4 nitrogen and oxygen atoms in total. The maximum Gasteiger partial charge on any atom is 0.122 e. The number of hydrogen-bond donors (Lipinski definition) is 1. The summed E-state index contributed by atoms with van der Waals surface area (Å²) in [6.07, 6.45) is 3.00. The van der Waals surface area contributed by atoms with E-state index in [0.29, 0.717) is 16.7 Å². The van der Waals surface area contributed by atoms with Crippen LogP contribution < -0.4 is 10.6 Å². The molecule has 1 aliphatic heterocycles. The fourth-order valence-corrected chi connectivity index (χ4v) is 2.88. The number of rotatable bonds is 5. The zero-order chi connectivity index (χ0) is 13.8. The van der Waals surface area contributed by atoms with Gasteiger partial charge >= 0.3 is 0 Å². The SMILES string of the molecule is CCN(CC)C1CCN(c2ccnc(C(N)=S)c2)C1. The number of aromatic nitrogens is 1. The lowest BCUT2D eigenvalue weighted by Crippen LogP contribution is -2.37. The summed E-state index contributed by atoms with van der Waals surface area (Å²) >= 11 is 4.99. The second-order valence-electron chi connectivity index (χ2n) is 4.87. The van der Waals surface area contributed by atoms with Crippen molar-refractivity contribution in [1.29, 1.82) is 0 Å². The van der Waals surface area contributed by atoms with E-state index in [-0.39, 0.29) is 0 Å². The smallest absolute Gasteiger partial charge is 0.122 e. The Balaban J connectivity index is 2.08. The highest BCUT2D eigenvalue weighted by Gasteiger charge is 2.26. The molecule has 0 amide bonds. The van der Waals surface area contributed by atoms with Crippen LogP contribution in [0.1, 0.15) is 26.0 Å². The minimum Gasteiger partial charge on any atom is -0.388 e. The highest BCUT2D eigenvalue weighted by Crippen LogP contribution is 2.23. The van der Waals surface area contributed by atoms with Crippen molar-refractivity contribution in [2.45, 2.75) is 26.3 Å². The van der Waals surface area contributed by atoms with E-state index in [1.54, 1.807) is 6.20 Å². The summed E-state index contributed by atoms with van der Waals surface area (Å²) < 4.78 is 0. The van der Waals surface area contributed by atoms with Gasteiger partial charge in [0.15, 0.2) is 0 Å². The van der Waals surface area contributed by atoms with Gasteiger partial charge in [-0.15, -0.1) is 0 Å². The maximum atomic E-state index is 5.64. The van der Waals surface area contributed by atoms with Crippen LogP contribution in [0.2, 0.25) is 0 Å². The highest BCUT2D eigenvalue weighted by atomic mass is 32.1. The number of anilines is 1. The van der Waals surface area contributed by atoms with Crippen molar-refractivity contribution >= 4 is 22.9 Å². The second kappa shape index (κ2) is 6.30. The number of thiocarbonyl (C=S) groups is 1. The van der Waals surface area contributed by atoms with E-state index in [1.165, 1.54) is 12.1 Å². The summed E-state index contributed by atoms with van der Waals surface area (Å²) in [6.45, 7) is 8.84. The summed E-state index contributed by atoms with van der Waals surface area (Å²) in [5.74, 6) is 0. The number of nitrogens with zero attached hydrogens (tertiary/aromatic N) is 3. The van der Waals surface area contributed by atoms with Crippen LogP contribution in [-0.4, -0.2) is 47.1 Å². The molecule has 104 valence electrons. The topological polar surface area (TPSA) is 45.4 Å². The molecule has 0 aromatic carbocycles. The van der Waals surface area contributed by atoms with Crippen molar-refractivity contribution in [1.82, 2.24) is 9.88 Å². The minimum atomic E-state index is 0.362. The molecular weight excluding hydrogens is 256 g/mol. The molecule has 2 N–H and O–H groups in total. The lowest BCUT2D eigenvalue weighted by molar-refractivity contribution is 0.232. The number of likely N-dealkylation sites (N-methyl/N-ethyl adjacent to an activating group) is 1. The van der Waals surface area contributed by atoms with Crippen LogP contribution in [0.5, 0.6) is 0 Å². The Morgan fingerprint density at radius 2 is 2.26 bits per heavy atom. The Labute approximate surface area is 120 Å². The standard InChI is InChI=1S/C14H22N4S/c1-3-17(4-2)12-6-8-18(10-12)11-5-7-16-13(9-11)14(15)19/h5,7,9,12H,3-4,6,8,10H2,1-2H3,(H2,15,19). The van der Waals surface area contributed by atoms with E-state index in [9.17, 15) is 0 Å². The van der Waals surface area contributed by atoms with Crippen molar-refractivity contribution in [3.8, 4) is 0 Å². The van der Waals surface area contributed by atoms with Crippen LogP contribution in [0.15, 0.2) is 18.3 Å². The quantitative estimate of drug-likeness (QED) is 0.830. The van der Waals surface area contributed by atoms with Gasteiger partial charge in [-0.1, -0.05) is 26.1 Å². The monoisotopic (exact) mass is 278 g/mol. The largest absolute Gasteiger partial charge is 0.388 e. The second-order valence-corrected chi connectivity index (χ2v) is 5.31. The van der Waals surface area contributed by atoms with E-state index < -0.39 is 0 Å². The van der Waals surface area contributed by atoms with Gasteiger partial charge in [0, 0.05) is 31.0 Å². The van der Waals surface area contributed by atoms with Crippen molar-refractivity contribution in [2.75, 3.05) is 31.1 Å².